The topological polar surface area (TPSA) is 55.1 Å². The van der Waals surface area contributed by atoms with Gasteiger partial charge in [0.25, 0.3) is 5.91 Å². The van der Waals surface area contributed by atoms with Gasteiger partial charge in [-0.2, -0.15) is 0 Å². The highest BCUT2D eigenvalue weighted by Crippen LogP contribution is 2.24. The third-order valence-electron chi connectivity index (χ3n) is 2.45. The van der Waals surface area contributed by atoms with Crippen LogP contribution in [0.3, 0.4) is 0 Å². The van der Waals surface area contributed by atoms with Gasteiger partial charge in [-0.3, -0.25) is 4.79 Å². The summed E-state index contributed by atoms with van der Waals surface area (Å²) in [5.74, 6) is 0.219. The normalized spacial score (nSPS) is 10.4. The maximum atomic E-state index is 12.0. The minimum Gasteiger partial charge on any atom is -0.359 e. The molecule has 0 saturated carbocycles. The lowest BCUT2D eigenvalue weighted by Crippen LogP contribution is -2.13. The molecule has 0 spiro atoms. The molecule has 0 unspecified atom stereocenters. The van der Waals surface area contributed by atoms with Crippen molar-refractivity contribution in [3.63, 3.8) is 0 Å². The molecule has 1 heterocycles. The second-order valence-electron chi connectivity index (χ2n) is 3.78. The molecule has 1 aromatic carbocycles. The predicted molar refractivity (Wildman–Crippen MR) is 70.4 cm³/mol. The summed E-state index contributed by atoms with van der Waals surface area (Å²) < 4.78 is 4.96. The van der Waals surface area contributed by atoms with Gasteiger partial charge in [-0.1, -0.05) is 28.4 Å². The molecule has 4 nitrogen and oxygen atoms in total. The van der Waals surface area contributed by atoms with Gasteiger partial charge in [-0.05, 0) is 32.0 Å². The number of carbonyl (C=O) groups is 1. The van der Waals surface area contributed by atoms with Gasteiger partial charge in [0.2, 0.25) is 0 Å². The van der Waals surface area contributed by atoms with Crippen molar-refractivity contribution in [3.05, 3.63) is 45.3 Å². The number of amides is 1. The van der Waals surface area contributed by atoms with Crippen LogP contribution >= 0.6 is 23.2 Å². The summed E-state index contributed by atoms with van der Waals surface area (Å²) in [6, 6.07) is 4.69. The standard InChI is InChI=1S/C12H10Cl2N2O2/c1-6-11(7(2)18-16-6)15-12(17)9-4-3-8(13)5-10(9)14/h3-5H,1-2H3,(H,15,17). The number of benzene rings is 1. The van der Waals surface area contributed by atoms with E-state index in [1.807, 2.05) is 0 Å². The summed E-state index contributed by atoms with van der Waals surface area (Å²) in [6.45, 7) is 3.47. The molecule has 94 valence electrons. The summed E-state index contributed by atoms with van der Waals surface area (Å²) >= 11 is 11.7. The fraction of sp³-hybridized carbons (Fsp3) is 0.167. The van der Waals surface area contributed by atoms with Crippen LogP contribution < -0.4 is 5.32 Å². The fourth-order valence-electron chi connectivity index (χ4n) is 1.52. The Kier molecular flexibility index (Phi) is 3.59. The second-order valence-corrected chi connectivity index (χ2v) is 4.62. The number of carbonyl (C=O) groups excluding carboxylic acids is 1. The molecule has 0 aliphatic rings. The number of hydrogen-bond donors (Lipinski definition) is 1. The Bertz CT molecular complexity index is 589. The van der Waals surface area contributed by atoms with Crippen LogP contribution in [-0.2, 0) is 0 Å². The molecule has 0 aliphatic carbocycles. The number of hydrogen-bond acceptors (Lipinski definition) is 3. The maximum Gasteiger partial charge on any atom is 0.257 e. The summed E-state index contributed by atoms with van der Waals surface area (Å²) in [4.78, 5) is 12.0. The van der Waals surface area contributed by atoms with Crippen LogP contribution in [0.5, 0.6) is 0 Å². The number of nitrogens with one attached hydrogen (secondary N) is 1. The number of aromatic nitrogens is 1. The molecule has 2 aromatic rings. The Hall–Kier alpha value is -1.52. The predicted octanol–water partition coefficient (Wildman–Crippen LogP) is 3.85. The van der Waals surface area contributed by atoms with Crippen molar-refractivity contribution in [2.45, 2.75) is 13.8 Å². The molecule has 18 heavy (non-hydrogen) atoms. The summed E-state index contributed by atoms with van der Waals surface area (Å²) in [7, 11) is 0. The van der Waals surface area contributed by atoms with E-state index in [0.717, 1.165) is 0 Å². The Morgan fingerprint density at radius 1 is 1.33 bits per heavy atom. The summed E-state index contributed by atoms with van der Waals surface area (Å²) in [5.41, 5.74) is 1.53. The van der Waals surface area contributed by atoms with Crippen molar-refractivity contribution in [1.82, 2.24) is 5.16 Å². The molecule has 0 fully saturated rings. The lowest BCUT2D eigenvalue weighted by atomic mass is 10.2. The molecule has 0 atom stereocenters. The third kappa shape index (κ3) is 2.49. The van der Waals surface area contributed by atoms with Crippen LogP contribution in [0, 0.1) is 13.8 Å². The molecule has 1 N–H and O–H groups in total. The lowest BCUT2D eigenvalue weighted by molar-refractivity contribution is 0.102. The van der Waals surface area contributed by atoms with Gasteiger partial charge >= 0.3 is 0 Å². The van der Waals surface area contributed by atoms with Crippen molar-refractivity contribution in [1.29, 1.82) is 0 Å². The van der Waals surface area contributed by atoms with Gasteiger partial charge in [-0.25, -0.2) is 0 Å². The second kappa shape index (κ2) is 5.00. The van der Waals surface area contributed by atoms with E-state index in [1.54, 1.807) is 26.0 Å². The quantitative estimate of drug-likeness (QED) is 0.911. The van der Waals surface area contributed by atoms with E-state index in [-0.39, 0.29) is 5.91 Å². The highest BCUT2D eigenvalue weighted by Gasteiger charge is 2.15. The first-order chi connectivity index (χ1) is 8.49. The molecular formula is C12H10Cl2N2O2. The Balaban J connectivity index is 2.28. The zero-order valence-corrected chi connectivity index (χ0v) is 11.3. The molecule has 0 radical (unpaired) electrons. The summed E-state index contributed by atoms with van der Waals surface area (Å²) in [5, 5.41) is 7.25. The van der Waals surface area contributed by atoms with Gasteiger partial charge in [0.1, 0.15) is 11.4 Å². The molecule has 1 amide bonds. The Morgan fingerprint density at radius 2 is 2.06 bits per heavy atom. The van der Waals surface area contributed by atoms with Crippen molar-refractivity contribution < 1.29 is 9.32 Å². The fourth-order valence-corrected chi connectivity index (χ4v) is 2.01. The first kappa shape index (κ1) is 12.9. The van der Waals surface area contributed by atoms with Crippen molar-refractivity contribution in [2.75, 3.05) is 5.32 Å². The smallest absolute Gasteiger partial charge is 0.257 e. The zero-order chi connectivity index (χ0) is 13.3. The molecule has 0 aliphatic heterocycles. The lowest BCUT2D eigenvalue weighted by Gasteiger charge is -2.06. The van der Waals surface area contributed by atoms with Gasteiger partial charge in [0.05, 0.1) is 10.6 Å². The minimum absolute atomic E-state index is 0.298. The van der Waals surface area contributed by atoms with E-state index < -0.39 is 0 Å². The first-order valence-electron chi connectivity index (χ1n) is 5.18. The highest BCUT2D eigenvalue weighted by molar-refractivity contribution is 6.37. The number of nitrogens with zero attached hydrogens (tertiary/aromatic N) is 1. The maximum absolute atomic E-state index is 12.0. The summed E-state index contributed by atoms with van der Waals surface area (Å²) in [6.07, 6.45) is 0. The van der Waals surface area contributed by atoms with Gasteiger partial charge in [-0.15, -0.1) is 0 Å². The van der Waals surface area contributed by atoms with E-state index in [2.05, 4.69) is 10.5 Å². The molecule has 6 heteroatoms. The minimum atomic E-state index is -0.328. The molecule has 2 rings (SSSR count). The van der Waals surface area contributed by atoms with Crippen LogP contribution in [0.1, 0.15) is 21.8 Å². The van der Waals surface area contributed by atoms with E-state index in [9.17, 15) is 4.79 Å². The van der Waals surface area contributed by atoms with Gasteiger partial charge < -0.3 is 9.84 Å². The monoisotopic (exact) mass is 284 g/mol. The third-order valence-corrected chi connectivity index (χ3v) is 3.00. The van der Waals surface area contributed by atoms with E-state index >= 15 is 0 Å². The van der Waals surface area contributed by atoms with E-state index in [1.165, 1.54) is 6.07 Å². The van der Waals surface area contributed by atoms with E-state index in [4.69, 9.17) is 27.7 Å². The molecule has 1 aromatic heterocycles. The molecule has 0 saturated heterocycles. The van der Waals surface area contributed by atoms with Gasteiger partial charge in [0.15, 0.2) is 5.76 Å². The van der Waals surface area contributed by atoms with Crippen LogP contribution in [-0.4, -0.2) is 11.1 Å². The average Bonchev–Trinajstić information content (AvgIpc) is 2.60. The Labute approximate surface area is 114 Å². The van der Waals surface area contributed by atoms with Crippen molar-refractivity contribution in [2.24, 2.45) is 0 Å². The SMILES string of the molecule is Cc1noc(C)c1NC(=O)c1ccc(Cl)cc1Cl. The largest absolute Gasteiger partial charge is 0.359 e. The number of aryl methyl sites for hydroxylation is 2. The van der Waals surface area contributed by atoms with E-state index in [0.29, 0.717) is 32.8 Å². The van der Waals surface area contributed by atoms with Crippen LogP contribution in [0.15, 0.2) is 22.7 Å². The van der Waals surface area contributed by atoms with Crippen LogP contribution in [0.2, 0.25) is 10.0 Å². The van der Waals surface area contributed by atoms with Crippen molar-refractivity contribution in [3.8, 4) is 0 Å². The molecular weight excluding hydrogens is 275 g/mol. The van der Waals surface area contributed by atoms with Crippen LogP contribution in [0.25, 0.3) is 0 Å². The first-order valence-corrected chi connectivity index (χ1v) is 5.94. The number of halogens is 2. The van der Waals surface area contributed by atoms with Gasteiger partial charge in [0, 0.05) is 5.02 Å². The average molecular weight is 285 g/mol. The highest BCUT2D eigenvalue weighted by atomic mass is 35.5. The number of anilines is 1. The number of rotatable bonds is 2. The van der Waals surface area contributed by atoms with Crippen molar-refractivity contribution >= 4 is 34.8 Å². The van der Waals surface area contributed by atoms with Crippen LogP contribution in [0.4, 0.5) is 5.69 Å². The zero-order valence-electron chi connectivity index (χ0n) is 9.75. The Morgan fingerprint density at radius 3 is 2.61 bits per heavy atom. The molecule has 0 bridgehead atoms.